The fourth-order valence-electron chi connectivity index (χ4n) is 4.84. The molecule has 2 saturated heterocycles. The van der Waals surface area contributed by atoms with Gasteiger partial charge in [-0.1, -0.05) is 6.92 Å². The van der Waals surface area contributed by atoms with Crippen molar-refractivity contribution in [2.24, 2.45) is 5.41 Å². The molecule has 0 spiro atoms. The van der Waals surface area contributed by atoms with Gasteiger partial charge in [0.25, 0.3) is 11.5 Å². The van der Waals surface area contributed by atoms with Gasteiger partial charge in [0.15, 0.2) is 5.56 Å². The van der Waals surface area contributed by atoms with Crippen molar-refractivity contribution in [3.05, 3.63) is 33.8 Å². The summed E-state index contributed by atoms with van der Waals surface area (Å²) in [4.78, 5) is 40.4. The van der Waals surface area contributed by atoms with E-state index in [1.165, 1.54) is 12.3 Å². The zero-order valence-electron chi connectivity index (χ0n) is 18.5. The predicted octanol–water partition coefficient (Wildman–Crippen LogP) is 0.907. The number of rotatable bonds is 6. The predicted molar refractivity (Wildman–Crippen MR) is 118 cm³/mol. The zero-order chi connectivity index (χ0) is 22.9. The highest BCUT2D eigenvalue weighted by atomic mass is 16.5. The van der Waals surface area contributed by atoms with Gasteiger partial charge in [-0.15, -0.1) is 0 Å². The molecule has 6 rings (SSSR count). The van der Waals surface area contributed by atoms with E-state index < -0.39 is 11.5 Å². The van der Waals surface area contributed by atoms with E-state index in [1.807, 2.05) is 4.90 Å². The van der Waals surface area contributed by atoms with E-state index in [2.05, 4.69) is 17.3 Å². The summed E-state index contributed by atoms with van der Waals surface area (Å²) in [6.45, 7) is 3.70. The molecule has 10 nitrogen and oxygen atoms in total. The second-order valence-corrected chi connectivity index (χ2v) is 10.2. The summed E-state index contributed by atoms with van der Waals surface area (Å²) < 4.78 is 8.32. The van der Waals surface area contributed by atoms with E-state index in [0.29, 0.717) is 30.9 Å². The Labute approximate surface area is 189 Å². The lowest BCUT2D eigenvalue weighted by Crippen LogP contribution is -2.40. The molecule has 0 radical (unpaired) electrons. The zero-order valence-corrected chi connectivity index (χ0v) is 18.5. The molecule has 1 unspecified atom stereocenters. The van der Waals surface area contributed by atoms with Crippen LogP contribution in [0.25, 0.3) is 11.7 Å². The van der Waals surface area contributed by atoms with Crippen molar-refractivity contribution in [3.63, 3.8) is 0 Å². The fraction of sp³-hybridized carbons (Fsp3) is 0.565. The number of aromatic nitrogens is 3. The van der Waals surface area contributed by atoms with Crippen molar-refractivity contribution in [2.75, 3.05) is 13.2 Å². The van der Waals surface area contributed by atoms with Gasteiger partial charge in [0.1, 0.15) is 5.65 Å². The first kappa shape index (κ1) is 20.5. The minimum absolute atomic E-state index is 0.0207. The first-order valence-corrected chi connectivity index (χ1v) is 11.6. The molecule has 174 valence electrons. The highest BCUT2D eigenvalue weighted by Gasteiger charge is 2.41. The van der Waals surface area contributed by atoms with Crippen LogP contribution < -0.4 is 10.9 Å². The quantitative estimate of drug-likeness (QED) is 0.628. The van der Waals surface area contributed by atoms with E-state index in [-0.39, 0.29) is 41.0 Å². The summed E-state index contributed by atoms with van der Waals surface area (Å²) in [5.74, 6) is -1.04. The molecule has 2 aromatic heterocycles. The number of ether oxygens (including phenoxy) is 1. The Morgan fingerprint density at radius 1 is 1.36 bits per heavy atom. The minimum Gasteiger partial charge on any atom is -0.494 e. The molecule has 2 saturated carbocycles. The smallest absolute Gasteiger partial charge is 0.291 e. The van der Waals surface area contributed by atoms with E-state index in [9.17, 15) is 19.5 Å². The molecule has 2 N–H and O–H groups in total. The van der Waals surface area contributed by atoms with Crippen molar-refractivity contribution in [1.82, 2.24) is 24.4 Å². The summed E-state index contributed by atoms with van der Waals surface area (Å²) in [7, 11) is 0. The van der Waals surface area contributed by atoms with Crippen LogP contribution in [0, 0.1) is 5.41 Å². The van der Waals surface area contributed by atoms with Crippen LogP contribution >= 0.6 is 0 Å². The number of carbonyl (C=O) groups is 2. The largest absolute Gasteiger partial charge is 0.494 e. The van der Waals surface area contributed by atoms with Crippen LogP contribution in [0.5, 0.6) is 5.88 Å². The van der Waals surface area contributed by atoms with Gasteiger partial charge in [0.2, 0.25) is 11.8 Å². The second-order valence-electron chi connectivity index (χ2n) is 10.2. The van der Waals surface area contributed by atoms with Crippen LogP contribution in [0.2, 0.25) is 0 Å². The van der Waals surface area contributed by atoms with E-state index in [4.69, 9.17) is 4.74 Å². The number of fused-ring (bicyclic) bond motifs is 3. The molecule has 0 aromatic carbocycles. The van der Waals surface area contributed by atoms with Gasteiger partial charge in [-0.3, -0.25) is 19.0 Å². The lowest BCUT2D eigenvalue weighted by atomic mass is 10.1. The molecule has 2 aromatic rings. The molecule has 4 heterocycles. The molecule has 4 fully saturated rings. The van der Waals surface area contributed by atoms with Crippen LogP contribution in [0.3, 0.4) is 0 Å². The number of nitrogens with one attached hydrogen (secondary N) is 1. The molecular formula is C23H27N5O5. The lowest BCUT2D eigenvalue weighted by Gasteiger charge is -2.25. The average molecular weight is 453 g/mol. The van der Waals surface area contributed by atoms with Crippen molar-refractivity contribution in [3.8, 4) is 5.88 Å². The Morgan fingerprint density at radius 3 is 2.79 bits per heavy atom. The van der Waals surface area contributed by atoms with Gasteiger partial charge >= 0.3 is 0 Å². The van der Waals surface area contributed by atoms with Crippen LogP contribution in [0.15, 0.2) is 17.1 Å². The number of likely N-dealkylation sites (tertiary alicyclic amines) is 1. The number of amides is 2. The number of carbonyl (C=O) groups excluding carboxylic acids is 2. The molecule has 33 heavy (non-hydrogen) atoms. The van der Waals surface area contributed by atoms with Gasteiger partial charge in [-0.05, 0) is 43.6 Å². The molecule has 10 heteroatoms. The van der Waals surface area contributed by atoms with Gasteiger partial charge in [-0.25, -0.2) is 0 Å². The Morgan fingerprint density at radius 2 is 2.15 bits per heavy atom. The number of morpholine rings is 1. The van der Waals surface area contributed by atoms with E-state index in [1.54, 1.807) is 10.6 Å². The Hall–Kier alpha value is -3.14. The minimum atomic E-state index is -0.669. The standard InChI is InChI=1S/C23H27N5O5/c1-23(6-7-23)12-27-20-13(2-5-17(29)26-10-16-8-15(26)11-33-16)9-24-28(20)22(32)18(21(27)31)19(30)25-14-3-4-14/h2,5,9,14-16,31H,3-4,6-8,10-12H2,1H3,(H,25,30)/b5-2+/t15-,16?/m0/s1. The third-order valence-electron chi connectivity index (χ3n) is 7.28. The maximum Gasteiger partial charge on any atom is 0.291 e. The van der Waals surface area contributed by atoms with Crippen molar-refractivity contribution in [1.29, 1.82) is 0 Å². The molecule has 2 bridgehead atoms. The lowest BCUT2D eigenvalue weighted by molar-refractivity contribution is -0.130. The fourth-order valence-corrected chi connectivity index (χ4v) is 4.84. The first-order valence-electron chi connectivity index (χ1n) is 11.6. The summed E-state index contributed by atoms with van der Waals surface area (Å²) in [5, 5.41) is 18.1. The van der Waals surface area contributed by atoms with Gasteiger partial charge in [0.05, 0.1) is 24.9 Å². The Balaban J connectivity index is 1.39. The van der Waals surface area contributed by atoms with Gasteiger partial charge in [0, 0.05) is 30.8 Å². The van der Waals surface area contributed by atoms with Gasteiger partial charge < -0.3 is 20.1 Å². The average Bonchev–Trinajstić information content (AvgIpc) is 3.57. The van der Waals surface area contributed by atoms with Crippen molar-refractivity contribution >= 4 is 23.5 Å². The number of hydrogen-bond donors (Lipinski definition) is 2. The summed E-state index contributed by atoms with van der Waals surface area (Å²) >= 11 is 0. The van der Waals surface area contributed by atoms with Crippen molar-refractivity contribution < 1.29 is 19.4 Å². The monoisotopic (exact) mass is 453 g/mol. The third kappa shape index (κ3) is 3.52. The Kier molecular flexibility index (Phi) is 4.45. The van der Waals surface area contributed by atoms with Gasteiger partial charge in [-0.2, -0.15) is 9.61 Å². The molecule has 4 aliphatic rings. The molecule has 2 atom stereocenters. The van der Waals surface area contributed by atoms with Crippen LogP contribution in [0.1, 0.15) is 54.9 Å². The molecular weight excluding hydrogens is 426 g/mol. The van der Waals surface area contributed by atoms with E-state index in [0.717, 1.165) is 36.6 Å². The molecule has 2 amide bonds. The maximum atomic E-state index is 13.1. The number of nitrogens with zero attached hydrogens (tertiary/aromatic N) is 4. The summed E-state index contributed by atoms with van der Waals surface area (Å²) in [6, 6.07) is 0.162. The number of hydrogen-bond acceptors (Lipinski definition) is 6. The highest BCUT2D eigenvalue weighted by molar-refractivity contribution is 5.97. The SMILES string of the molecule is CC1(Cn2c(O)c(C(=O)NC3CC3)c(=O)n3ncc(/C=C/C(=O)N4CC5C[C@H]4CO5)c23)CC1. The van der Waals surface area contributed by atoms with Crippen LogP contribution in [-0.4, -0.2) is 67.3 Å². The summed E-state index contributed by atoms with van der Waals surface area (Å²) in [6.07, 6.45) is 9.32. The normalized spacial score (nSPS) is 25.3. The third-order valence-corrected chi connectivity index (χ3v) is 7.28. The highest BCUT2D eigenvalue weighted by Crippen LogP contribution is 2.47. The topological polar surface area (TPSA) is 118 Å². The first-order chi connectivity index (χ1) is 15.8. The summed E-state index contributed by atoms with van der Waals surface area (Å²) in [5.41, 5.74) is -0.0643. The number of aromatic hydroxyl groups is 1. The van der Waals surface area contributed by atoms with Crippen LogP contribution in [-0.2, 0) is 16.1 Å². The van der Waals surface area contributed by atoms with E-state index >= 15 is 0 Å². The molecule has 2 aliphatic heterocycles. The maximum absolute atomic E-state index is 13.1. The van der Waals surface area contributed by atoms with Crippen molar-refractivity contribution in [2.45, 2.75) is 63.8 Å². The molecule has 2 aliphatic carbocycles. The Bertz CT molecular complexity index is 1250. The van der Waals surface area contributed by atoms with Crippen LogP contribution in [0.4, 0.5) is 0 Å². The second kappa shape index (κ2) is 7.18.